The van der Waals surface area contributed by atoms with E-state index in [1.54, 1.807) is 23.5 Å². The number of rotatable bonds is 1. The van der Waals surface area contributed by atoms with Crippen molar-refractivity contribution in [3.8, 4) is 11.3 Å². The summed E-state index contributed by atoms with van der Waals surface area (Å²) in [5.74, 6) is -0.212. The molecule has 0 saturated heterocycles. The average Bonchev–Trinajstić information content (AvgIpc) is 2.82. The van der Waals surface area contributed by atoms with E-state index in [2.05, 4.69) is 4.98 Å². The second kappa shape index (κ2) is 8.88. The van der Waals surface area contributed by atoms with Crippen molar-refractivity contribution in [2.45, 2.75) is 34.6 Å². The van der Waals surface area contributed by atoms with Gasteiger partial charge < -0.3 is 0 Å². The molecule has 0 aliphatic heterocycles. The Bertz CT molecular complexity index is 406. The van der Waals surface area contributed by atoms with E-state index in [0.29, 0.717) is 0 Å². The van der Waals surface area contributed by atoms with Crippen molar-refractivity contribution in [1.82, 2.24) is 4.98 Å². The van der Waals surface area contributed by atoms with Crippen molar-refractivity contribution < 1.29 is 4.39 Å². The largest absolute Gasteiger partial charge is 0.242 e. The molecule has 0 unspecified atom stereocenters. The molecular formula is C14H20FNS. The molecule has 0 aliphatic rings. The first kappa shape index (κ1) is 15.8. The molecule has 0 fully saturated rings. The highest BCUT2D eigenvalue weighted by molar-refractivity contribution is 7.09. The lowest BCUT2D eigenvalue weighted by Crippen LogP contribution is -1.78. The van der Waals surface area contributed by atoms with Crippen LogP contribution >= 0.6 is 11.3 Å². The minimum Gasteiger partial charge on any atom is -0.242 e. The topological polar surface area (TPSA) is 12.9 Å². The number of hydrogen-bond acceptors (Lipinski definition) is 2. The average molecular weight is 253 g/mol. The molecule has 3 heteroatoms. The number of aryl methyl sites for hydroxylation is 1. The number of hydrogen-bond donors (Lipinski definition) is 0. The van der Waals surface area contributed by atoms with Crippen LogP contribution in [0.5, 0.6) is 0 Å². The zero-order valence-electron chi connectivity index (χ0n) is 11.1. The molecule has 1 aromatic carbocycles. The minimum atomic E-state index is -0.212. The number of aromatic nitrogens is 1. The van der Waals surface area contributed by atoms with E-state index in [0.717, 1.165) is 16.3 Å². The molecule has 0 N–H and O–H groups in total. The normalized spacial score (nSPS) is 8.59. The summed E-state index contributed by atoms with van der Waals surface area (Å²) in [5.41, 5.74) is 1.88. The SMILES string of the molecule is CC.CC.Cc1nc(-c2ccc(F)cc2)cs1. The van der Waals surface area contributed by atoms with E-state index in [-0.39, 0.29) is 5.82 Å². The summed E-state index contributed by atoms with van der Waals surface area (Å²) >= 11 is 1.60. The van der Waals surface area contributed by atoms with Gasteiger partial charge in [-0.15, -0.1) is 11.3 Å². The Hall–Kier alpha value is -1.22. The van der Waals surface area contributed by atoms with Crippen LogP contribution in [-0.2, 0) is 0 Å². The van der Waals surface area contributed by atoms with Crippen molar-refractivity contribution in [2.24, 2.45) is 0 Å². The fraction of sp³-hybridized carbons (Fsp3) is 0.357. The van der Waals surface area contributed by atoms with Gasteiger partial charge in [-0.2, -0.15) is 0 Å². The van der Waals surface area contributed by atoms with Crippen LogP contribution in [-0.4, -0.2) is 4.98 Å². The summed E-state index contributed by atoms with van der Waals surface area (Å²) in [4.78, 5) is 4.31. The Labute approximate surface area is 107 Å². The van der Waals surface area contributed by atoms with E-state index < -0.39 is 0 Å². The fourth-order valence-corrected chi connectivity index (χ4v) is 1.74. The van der Waals surface area contributed by atoms with Gasteiger partial charge in [0.1, 0.15) is 5.82 Å². The van der Waals surface area contributed by atoms with Crippen molar-refractivity contribution in [3.63, 3.8) is 0 Å². The molecule has 17 heavy (non-hydrogen) atoms. The molecule has 0 saturated carbocycles. The van der Waals surface area contributed by atoms with E-state index in [1.165, 1.54) is 12.1 Å². The van der Waals surface area contributed by atoms with Gasteiger partial charge in [0.15, 0.2) is 0 Å². The lowest BCUT2D eigenvalue weighted by Gasteiger charge is -1.94. The lowest BCUT2D eigenvalue weighted by atomic mass is 10.2. The van der Waals surface area contributed by atoms with Crippen LogP contribution in [0.2, 0.25) is 0 Å². The van der Waals surface area contributed by atoms with E-state index in [9.17, 15) is 4.39 Å². The maximum absolute atomic E-state index is 12.6. The molecule has 0 spiro atoms. The molecular weight excluding hydrogens is 233 g/mol. The maximum Gasteiger partial charge on any atom is 0.123 e. The highest BCUT2D eigenvalue weighted by Gasteiger charge is 2.00. The molecule has 1 aromatic heterocycles. The van der Waals surface area contributed by atoms with Crippen LogP contribution in [0, 0.1) is 12.7 Å². The predicted octanol–water partition coefficient (Wildman–Crippen LogP) is 5.31. The standard InChI is InChI=1S/C10H8FNS.2C2H6/c1-7-12-10(6-13-7)8-2-4-9(11)5-3-8;2*1-2/h2-6H,1H3;2*1-2H3. The monoisotopic (exact) mass is 253 g/mol. The van der Waals surface area contributed by atoms with Gasteiger partial charge in [-0.25, -0.2) is 9.37 Å². The zero-order valence-corrected chi connectivity index (χ0v) is 11.9. The lowest BCUT2D eigenvalue weighted by molar-refractivity contribution is 0.628. The Kier molecular flexibility index (Phi) is 8.24. The van der Waals surface area contributed by atoms with Crippen LogP contribution in [0.4, 0.5) is 4.39 Å². The third-order valence-electron chi connectivity index (χ3n) is 1.76. The van der Waals surface area contributed by atoms with Gasteiger partial charge in [0.05, 0.1) is 10.7 Å². The second-order valence-corrected chi connectivity index (χ2v) is 3.82. The molecule has 1 heterocycles. The quantitative estimate of drug-likeness (QED) is 0.671. The van der Waals surface area contributed by atoms with Crippen LogP contribution in [0.15, 0.2) is 29.6 Å². The molecule has 0 aliphatic carbocycles. The summed E-state index contributed by atoms with van der Waals surface area (Å²) in [6.07, 6.45) is 0. The summed E-state index contributed by atoms with van der Waals surface area (Å²) in [5, 5.41) is 3.00. The van der Waals surface area contributed by atoms with E-state index >= 15 is 0 Å². The van der Waals surface area contributed by atoms with Crippen LogP contribution < -0.4 is 0 Å². The molecule has 2 aromatic rings. The molecule has 2 rings (SSSR count). The Morgan fingerprint density at radius 3 is 1.94 bits per heavy atom. The van der Waals surface area contributed by atoms with Gasteiger partial charge in [0.25, 0.3) is 0 Å². The number of thiazole rings is 1. The Morgan fingerprint density at radius 1 is 1.00 bits per heavy atom. The second-order valence-electron chi connectivity index (χ2n) is 2.76. The summed E-state index contributed by atoms with van der Waals surface area (Å²) in [7, 11) is 0. The van der Waals surface area contributed by atoms with Crippen molar-refractivity contribution in [3.05, 3.63) is 40.5 Å². The van der Waals surface area contributed by atoms with Crippen LogP contribution in [0.1, 0.15) is 32.7 Å². The van der Waals surface area contributed by atoms with Gasteiger partial charge in [0, 0.05) is 10.9 Å². The van der Waals surface area contributed by atoms with Crippen LogP contribution in [0.25, 0.3) is 11.3 Å². The molecule has 1 nitrogen and oxygen atoms in total. The third-order valence-corrected chi connectivity index (χ3v) is 2.53. The molecule has 0 radical (unpaired) electrons. The summed E-state index contributed by atoms with van der Waals surface area (Å²) in [6, 6.07) is 6.38. The third kappa shape index (κ3) is 5.09. The highest BCUT2D eigenvalue weighted by atomic mass is 32.1. The first-order valence-corrected chi connectivity index (χ1v) is 6.82. The summed E-state index contributed by atoms with van der Waals surface area (Å²) < 4.78 is 12.6. The Balaban J connectivity index is 0.000000581. The smallest absolute Gasteiger partial charge is 0.123 e. The zero-order chi connectivity index (χ0) is 13.3. The Morgan fingerprint density at radius 2 is 1.53 bits per heavy atom. The van der Waals surface area contributed by atoms with Gasteiger partial charge in [-0.05, 0) is 31.2 Å². The fourth-order valence-electron chi connectivity index (χ4n) is 1.12. The number of halogens is 1. The first-order valence-electron chi connectivity index (χ1n) is 5.94. The van der Waals surface area contributed by atoms with Gasteiger partial charge in [0.2, 0.25) is 0 Å². The molecule has 0 amide bonds. The first-order chi connectivity index (χ1) is 8.25. The number of nitrogens with zero attached hydrogens (tertiary/aromatic N) is 1. The molecule has 94 valence electrons. The van der Waals surface area contributed by atoms with Crippen molar-refractivity contribution >= 4 is 11.3 Å². The van der Waals surface area contributed by atoms with Gasteiger partial charge in [-0.1, -0.05) is 27.7 Å². The van der Waals surface area contributed by atoms with Crippen LogP contribution in [0.3, 0.4) is 0 Å². The maximum atomic E-state index is 12.6. The number of benzene rings is 1. The molecule has 0 bridgehead atoms. The van der Waals surface area contributed by atoms with Crippen molar-refractivity contribution in [2.75, 3.05) is 0 Å². The van der Waals surface area contributed by atoms with Crippen molar-refractivity contribution in [1.29, 1.82) is 0 Å². The van der Waals surface area contributed by atoms with E-state index in [1.807, 2.05) is 40.0 Å². The summed E-state index contributed by atoms with van der Waals surface area (Å²) in [6.45, 7) is 9.96. The van der Waals surface area contributed by atoms with E-state index in [4.69, 9.17) is 0 Å². The predicted molar refractivity (Wildman–Crippen MR) is 74.9 cm³/mol. The van der Waals surface area contributed by atoms with Gasteiger partial charge >= 0.3 is 0 Å². The van der Waals surface area contributed by atoms with Gasteiger partial charge in [-0.3, -0.25) is 0 Å². The highest BCUT2D eigenvalue weighted by Crippen LogP contribution is 2.21. The molecule has 0 atom stereocenters. The minimum absolute atomic E-state index is 0.212.